The summed E-state index contributed by atoms with van der Waals surface area (Å²) in [7, 11) is 0. The van der Waals surface area contributed by atoms with Crippen LogP contribution in [0.3, 0.4) is 0 Å². The second kappa shape index (κ2) is 5.61. The van der Waals surface area contributed by atoms with Crippen molar-refractivity contribution in [3.8, 4) is 12.1 Å². The average molecular weight is 290 g/mol. The summed E-state index contributed by atoms with van der Waals surface area (Å²) in [5, 5.41) is 18.4. The molecule has 1 fully saturated rings. The van der Waals surface area contributed by atoms with E-state index in [1.807, 2.05) is 0 Å². The first kappa shape index (κ1) is 15.1. The van der Waals surface area contributed by atoms with E-state index in [2.05, 4.69) is 12.1 Å². The molecule has 1 atom stereocenters. The Labute approximate surface area is 121 Å². The zero-order valence-corrected chi connectivity index (χ0v) is 11.2. The van der Waals surface area contributed by atoms with Crippen molar-refractivity contribution in [1.29, 1.82) is 10.5 Å². The maximum atomic E-state index is 12.5. The lowest BCUT2D eigenvalue weighted by Crippen LogP contribution is -2.19. The van der Waals surface area contributed by atoms with E-state index in [1.54, 1.807) is 12.2 Å². The average Bonchev–Trinajstić information content (AvgIpc) is 2.88. The first-order valence-electron chi connectivity index (χ1n) is 6.59. The number of hydrogen-bond donors (Lipinski definition) is 0. The van der Waals surface area contributed by atoms with Crippen LogP contribution in [0.4, 0.5) is 13.2 Å². The Morgan fingerprint density at radius 1 is 1.14 bits per heavy atom. The Morgan fingerprint density at radius 3 is 2.29 bits per heavy atom. The third-order valence-corrected chi connectivity index (χ3v) is 3.88. The van der Waals surface area contributed by atoms with Crippen molar-refractivity contribution in [1.82, 2.24) is 0 Å². The van der Waals surface area contributed by atoms with E-state index in [1.165, 1.54) is 12.1 Å². The summed E-state index contributed by atoms with van der Waals surface area (Å²) in [6, 6.07) is 8.98. The van der Waals surface area contributed by atoms with Gasteiger partial charge in [-0.05, 0) is 30.5 Å². The molecule has 108 valence electrons. The van der Waals surface area contributed by atoms with Gasteiger partial charge in [0.1, 0.15) is 5.41 Å². The predicted octanol–water partition coefficient (Wildman–Crippen LogP) is 4.55. The van der Waals surface area contributed by atoms with Crippen molar-refractivity contribution in [2.24, 2.45) is 11.3 Å². The van der Waals surface area contributed by atoms with Gasteiger partial charge in [-0.1, -0.05) is 30.7 Å². The third kappa shape index (κ3) is 3.08. The van der Waals surface area contributed by atoms with Crippen LogP contribution < -0.4 is 0 Å². The molecule has 0 saturated heterocycles. The molecule has 0 N–H and O–H groups in total. The highest BCUT2D eigenvalue weighted by atomic mass is 19.4. The second-order valence-electron chi connectivity index (χ2n) is 5.17. The highest BCUT2D eigenvalue weighted by Gasteiger charge is 2.42. The first-order valence-corrected chi connectivity index (χ1v) is 6.59. The Bertz CT molecular complexity index is 601. The summed E-state index contributed by atoms with van der Waals surface area (Å²) < 4.78 is 37.4. The van der Waals surface area contributed by atoms with Gasteiger partial charge in [-0.15, -0.1) is 0 Å². The fourth-order valence-electron chi connectivity index (χ4n) is 2.61. The highest BCUT2D eigenvalue weighted by molar-refractivity contribution is 5.51. The van der Waals surface area contributed by atoms with E-state index >= 15 is 0 Å². The Morgan fingerprint density at radius 2 is 1.76 bits per heavy atom. The molecular weight excluding hydrogens is 277 g/mol. The van der Waals surface area contributed by atoms with Crippen molar-refractivity contribution in [3.63, 3.8) is 0 Å². The normalized spacial score (nSPS) is 21.1. The van der Waals surface area contributed by atoms with Crippen LogP contribution in [0.25, 0.3) is 6.08 Å². The maximum absolute atomic E-state index is 12.5. The van der Waals surface area contributed by atoms with Gasteiger partial charge in [-0.3, -0.25) is 0 Å². The lowest BCUT2D eigenvalue weighted by atomic mass is 9.80. The highest BCUT2D eigenvalue weighted by Crippen LogP contribution is 2.43. The maximum Gasteiger partial charge on any atom is 0.416 e. The molecule has 0 radical (unpaired) electrons. The number of allylic oxidation sites excluding steroid dienone is 1. The molecule has 1 unspecified atom stereocenters. The van der Waals surface area contributed by atoms with Gasteiger partial charge in [0.2, 0.25) is 0 Å². The molecule has 0 bridgehead atoms. The zero-order valence-electron chi connectivity index (χ0n) is 11.2. The van der Waals surface area contributed by atoms with Crippen molar-refractivity contribution < 1.29 is 13.2 Å². The summed E-state index contributed by atoms with van der Waals surface area (Å²) in [5.74, 6) is -0.171. The minimum atomic E-state index is -4.34. The topological polar surface area (TPSA) is 47.6 Å². The van der Waals surface area contributed by atoms with E-state index in [-0.39, 0.29) is 5.92 Å². The van der Waals surface area contributed by atoms with Gasteiger partial charge in [-0.25, -0.2) is 0 Å². The molecule has 5 heteroatoms. The fraction of sp³-hybridized carbons (Fsp3) is 0.375. The van der Waals surface area contributed by atoms with E-state index in [0.717, 1.165) is 25.0 Å². The smallest absolute Gasteiger partial charge is 0.197 e. The van der Waals surface area contributed by atoms with Crippen LogP contribution in [0.5, 0.6) is 0 Å². The van der Waals surface area contributed by atoms with Gasteiger partial charge in [-0.2, -0.15) is 23.7 Å². The van der Waals surface area contributed by atoms with Crippen LogP contribution in [0.2, 0.25) is 0 Å². The molecule has 0 aliphatic heterocycles. The molecule has 1 aliphatic carbocycles. The largest absolute Gasteiger partial charge is 0.416 e. The molecule has 1 aliphatic rings. The predicted molar refractivity (Wildman–Crippen MR) is 71.5 cm³/mol. The van der Waals surface area contributed by atoms with Gasteiger partial charge in [0, 0.05) is 5.92 Å². The fourth-order valence-corrected chi connectivity index (χ4v) is 2.61. The molecule has 0 amide bonds. The molecule has 1 saturated carbocycles. The number of rotatable bonds is 2. The van der Waals surface area contributed by atoms with Crippen molar-refractivity contribution in [2.45, 2.75) is 25.4 Å². The number of halogens is 3. The SMILES string of the molecule is N#CC1(C#N)CCCC1/C=C/c1ccc(C(F)(F)F)cc1. The Kier molecular flexibility index (Phi) is 4.04. The Balaban J connectivity index is 2.15. The minimum Gasteiger partial charge on any atom is -0.197 e. The molecule has 1 aromatic rings. The third-order valence-electron chi connectivity index (χ3n) is 3.88. The van der Waals surface area contributed by atoms with Crippen LogP contribution in [-0.2, 0) is 6.18 Å². The lowest BCUT2D eigenvalue weighted by molar-refractivity contribution is -0.137. The molecule has 1 aromatic carbocycles. The lowest BCUT2D eigenvalue weighted by Gasteiger charge is -2.17. The van der Waals surface area contributed by atoms with Crippen molar-refractivity contribution in [3.05, 3.63) is 41.5 Å². The molecule has 2 nitrogen and oxygen atoms in total. The van der Waals surface area contributed by atoms with Gasteiger partial charge in [0.05, 0.1) is 17.7 Å². The van der Waals surface area contributed by atoms with Gasteiger partial charge in [0.25, 0.3) is 0 Å². The standard InChI is InChI=1S/C16H13F3N2/c17-16(18,19)14-7-4-12(5-8-14)3-6-13-2-1-9-15(13,10-20)11-21/h3-8,13H,1-2,9H2/b6-3+. The molecule has 2 rings (SSSR count). The zero-order chi connectivity index (χ0) is 15.5. The summed E-state index contributed by atoms with van der Waals surface area (Å²) in [6.45, 7) is 0. The Hall–Kier alpha value is -2.27. The molecule has 21 heavy (non-hydrogen) atoms. The summed E-state index contributed by atoms with van der Waals surface area (Å²) in [5.41, 5.74) is -1.06. The van der Waals surface area contributed by atoms with Gasteiger partial charge in [0.15, 0.2) is 0 Å². The molecule has 0 aromatic heterocycles. The minimum absolute atomic E-state index is 0.171. The summed E-state index contributed by atoms with van der Waals surface area (Å²) in [4.78, 5) is 0. The molecule has 0 heterocycles. The van der Waals surface area contributed by atoms with E-state index < -0.39 is 17.2 Å². The van der Waals surface area contributed by atoms with Crippen LogP contribution >= 0.6 is 0 Å². The van der Waals surface area contributed by atoms with E-state index in [9.17, 15) is 23.7 Å². The first-order chi connectivity index (χ1) is 9.91. The van der Waals surface area contributed by atoms with Crippen LogP contribution in [0.15, 0.2) is 30.3 Å². The summed E-state index contributed by atoms with van der Waals surface area (Å²) in [6.07, 6.45) is 1.20. The van der Waals surface area contributed by atoms with E-state index in [4.69, 9.17) is 0 Å². The van der Waals surface area contributed by atoms with Crippen LogP contribution in [0.1, 0.15) is 30.4 Å². The van der Waals surface area contributed by atoms with Crippen LogP contribution in [0, 0.1) is 34.0 Å². The molecular formula is C16H13F3N2. The second-order valence-corrected chi connectivity index (χ2v) is 5.17. The number of alkyl halides is 3. The van der Waals surface area contributed by atoms with E-state index in [0.29, 0.717) is 12.0 Å². The van der Waals surface area contributed by atoms with Crippen molar-refractivity contribution >= 4 is 6.08 Å². The van der Waals surface area contributed by atoms with Crippen molar-refractivity contribution in [2.75, 3.05) is 0 Å². The number of nitriles is 2. The number of benzene rings is 1. The molecule has 0 spiro atoms. The number of hydrogen-bond acceptors (Lipinski definition) is 2. The summed E-state index contributed by atoms with van der Waals surface area (Å²) >= 11 is 0. The monoisotopic (exact) mass is 290 g/mol. The van der Waals surface area contributed by atoms with Gasteiger partial charge >= 0.3 is 6.18 Å². The van der Waals surface area contributed by atoms with Crippen LogP contribution in [-0.4, -0.2) is 0 Å². The quantitative estimate of drug-likeness (QED) is 0.802. The van der Waals surface area contributed by atoms with Gasteiger partial charge < -0.3 is 0 Å². The number of nitrogens with zero attached hydrogens (tertiary/aromatic N) is 2.